The van der Waals surface area contributed by atoms with Gasteiger partial charge < -0.3 is 9.47 Å². The van der Waals surface area contributed by atoms with E-state index in [-0.39, 0.29) is 0 Å². The molecule has 0 unspecified atom stereocenters. The van der Waals surface area contributed by atoms with Crippen molar-refractivity contribution in [3.05, 3.63) is 107 Å². The number of hydrogen-bond donors (Lipinski definition) is 0. The highest BCUT2D eigenvalue weighted by molar-refractivity contribution is 6.30. The van der Waals surface area contributed by atoms with Gasteiger partial charge in [-0.3, -0.25) is 0 Å². The number of nitriles is 1. The van der Waals surface area contributed by atoms with Crippen molar-refractivity contribution in [1.29, 1.82) is 5.26 Å². The van der Waals surface area contributed by atoms with E-state index in [1.54, 1.807) is 19.2 Å². The lowest BCUT2D eigenvalue weighted by Crippen LogP contribution is -1.98. The number of fused-ring (bicyclic) bond motifs is 1. The maximum atomic E-state index is 9.58. The summed E-state index contributed by atoms with van der Waals surface area (Å²) < 4.78 is 11.6. The Morgan fingerprint density at radius 3 is 2.48 bits per heavy atom. The Morgan fingerprint density at radius 1 is 0.935 bits per heavy atom. The molecule has 0 N–H and O–H groups in total. The molecule has 0 fully saturated rings. The van der Waals surface area contributed by atoms with Gasteiger partial charge in [0.1, 0.15) is 6.61 Å². The van der Waals surface area contributed by atoms with Crippen LogP contribution in [-0.4, -0.2) is 7.11 Å². The van der Waals surface area contributed by atoms with Gasteiger partial charge in [0.2, 0.25) is 0 Å². The lowest BCUT2D eigenvalue weighted by molar-refractivity contribution is 0.285. The van der Waals surface area contributed by atoms with Crippen LogP contribution in [0.2, 0.25) is 5.02 Å². The van der Waals surface area contributed by atoms with Gasteiger partial charge in [0.05, 0.1) is 18.8 Å². The Balaban J connectivity index is 1.58. The highest BCUT2D eigenvalue weighted by Gasteiger charge is 2.09. The predicted octanol–water partition coefficient (Wildman–Crippen LogP) is 7.14. The lowest BCUT2D eigenvalue weighted by atomic mass is 10.0. The van der Waals surface area contributed by atoms with Crippen LogP contribution in [0.1, 0.15) is 16.7 Å². The van der Waals surface area contributed by atoms with E-state index in [0.29, 0.717) is 28.7 Å². The van der Waals surface area contributed by atoms with Crippen LogP contribution in [0.15, 0.2) is 84.9 Å². The number of benzene rings is 4. The number of rotatable bonds is 6. The highest BCUT2D eigenvalue weighted by Crippen LogP contribution is 2.31. The fourth-order valence-corrected chi connectivity index (χ4v) is 3.57. The molecule has 152 valence electrons. The molecule has 0 saturated heterocycles. The first-order valence-corrected chi connectivity index (χ1v) is 10.2. The second kappa shape index (κ2) is 9.38. The lowest BCUT2D eigenvalue weighted by Gasteiger charge is -2.13. The van der Waals surface area contributed by atoms with Crippen LogP contribution < -0.4 is 9.47 Å². The van der Waals surface area contributed by atoms with E-state index in [0.717, 1.165) is 16.7 Å². The third-order valence-electron chi connectivity index (χ3n) is 5.04. The van der Waals surface area contributed by atoms with Gasteiger partial charge in [0.15, 0.2) is 11.5 Å². The first-order chi connectivity index (χ1) is 15.2. The van der Waals surface area contributed by atoms with E-state index in [1.165, 1.54) is 10.8 Å². The molecular weight excluding hydrogens is 406 g/mol. The Bertz CT molecular complexity index is 1280. The first kappa shape index (κ1) is 20.5. The van der Waals surface area contributed by atoms with Crippen LogP contribution in [0.4, 0.5) is 0 Å². The van der Waals surface area contributed by atoms with Gasteiger partial charge in [0, 0.05) is 5.02 Å². The average Bonchev–Trinajstić information content (AvgIpc) is 2.82. The van der Waals surface area contributed by atoms with E-state index in [1.807, 2.05) is 54.6 Å². The zero-order chi connectivity index (χ0) is 21.6. The van der Waals surface area contributed by atoms with E-state index < -0.39 is 0 Å². The molecule has 0 aliphatic heterocycles. The predicted molar refractivity (Wildman–Crippen MR) is 126 cm³/mol. The molecule has 31 heavy (non-hydrogen) atoms. The smallest absolute Gasteiger partial charge is 0.161 e. The van der Waals surface area contributed by atoms with Crippen molar-refractivity contribution < 1.29 is 9.47 Å². The summed E-state index contributed by atoms with van der Waals surface area (Å²) in [6, 6.07) is 29.5. The molecule has 0 saturated carbocycles. The summed E-state index contributed by atoms with van der Waals surface area (Å²) in [5.74, 6) is 1.26. The van der Waals surface area contributed by atoms with Gasteiger partial charge in [-0.25, -0.2) is 0 Å². The van der Waals surface area contributed by atoms with Crippen molar-refractivity contribution in [1.82, 2.24) is 0 Å². The Morgan fingerprint density at radius 2 is 1.71 bits per heavy atom. The normalized spacial score (nSPS) is 11.2. The molecule has 0 spiro atoms. The molecule has 4 aromatic carbocycles. The molecule has 0 bridgehead atoms. The molecule has 0 aliphatic rings. The summed E-state index contributed by atoms with van der Waals surface area (Å²) in [5.41, 5.74) is 3.31. The molecule has 0 radical (unpaired) electrons. The van der Waals surface area contributed by atoms with Crippen molar-refractivity contribution in [2.75, 3.05) is 7.11 Å². The first-order valence-electron chi connectivity index (χ1n) is 9.83. The Hall–Kier alpha value is -3.74. The maximum Gasteiger partial charge on any atom is 0.161 e. The summed E-state index contributed by atoms with van der Waals surface area (Å²) in [4.78, 5) is 0. The quantitative estimate of drug-likeness (QED) is 0.243. The molecule has 0 aromatic heterocycles. The molecule has 4 aromatic rings. The van der Waals surface area contributed by atoms with Gasteiger partial charge >= 0.3 is 0 Å². The van der Waals surface area contributed by atoms with Crippen LogP contribution in [0.3, 0.4) is 0 Å². The second-order valence-corrected chi connectivity index (χ2v) is 7.45. The topological polar surface area (TPSA) is 42.2 Å². The SMILES string of the molecule is COc1cc(/C=C(/C#N)c2ccc(Cl)cc2)ccc1OCc1cccc2ccccc12. The minimum Gasteiger partial charge on any atom is -0.493 e. The summed E-state index contributed by atoms with van der Waals surface area (Å²) in [6.07, 6.45) is 1.82. The summed E-state index contributed by atoms with van der Waals surface area (Å²) >= 11 is 5.95. The minimum atomic E-state index is 0.432. The third-order valence-corrected chi connectivity index (χ3v) is 5.29. The summed E-state index contributed by atoms with van der Waals surface area (Å²) in [6.45, 7) is 0.432. The van der Waals surface area contributed by atoms with E-state index in [2.05, 4.69) is 30.3 Å². The molecule has 0 aliphatic carbocycles. The molecule has 0 heterocycles. The van der Waals surface area contributed by atoms with Gasteiger partial charge in [-0.2, -0.15) is 5.26 Å². The maximum absolute atomic E-state index is 9.58. The largest absolute Gasteiger partial charge is 0.493 e. The van der Waals surface area contributed by atoms with Crippen molar-refractivity contribution in [3.63, 3.8) is 0 Å². The standard InChI is InChI=1S/C27H20ClNO2/c1-30-27-16-19(15-23(17-29)20-10-12-24(28)13-11-20)9-14-26(27)31-18-22-7-4-6-21-5-2-3-8-25(21)22/h2-16H,18H2,1H3/b23-15-. The van der Waals surface area contributed by atoms with Crippen LogP contribution in [0.5, 0.6) is 11.5 Å². The van der Waals surface area contributed by atoms with Crippen molar-refractivity contribution in [2.45, 2.75) is 6.61 Å². The second-order valence-electron chi connectivity index (χ2n) is 7.01. The number of methoxy groups -OCH3 is 1. The minimum absolute atomic E-state index is 0.432. The number of hydrogen-bond acceptors (Lipinski definition) is 3. The van der Waals surface area contributed by atoms with E-state index in [9.17, 15) is 5.26 Å². The summed E-state index contributed by atoms with van der Waals surface area (Å²) in [5, 5.41) is 12.6. The molecule has 4 heteroatoms. The van der Waals surface area contributed by atoms with Crippen LogP contribution in [0, 0.1) is 11.3 Å². The van der Waals surface area contributed by atoms with Gasteiger partial charge in [0.25, 0.3) is 0 Å². The fraction of sp³-hybridized carbons (Fsp3) is 0.0741. The zero-order valence-corrected chi connectivity index (χ0v) is 17.8. The fourth-order valence-electron chi connectivity index (χ4n) is 3.44. The molecule has 4 rings (SSSR count). The van der Waals surface area contributed by atoms with Crippen LogP contribution in [-0.2, 0) is 6.61 Å². The van der Waals surface area contributed by atoms with Crippen LogP contribution in [0.25, 0.3) is 22.4 Å². The third kappa shape index (κ3) is 4.71. The zero-order valence-electron chi connectivity index (χ0n) is 17.0. The molecule has 3 nitrogen and oxygen atoms in total. The monoisotopic (exact) mass is 425 g/mol. The number of nitrogens with zero attached hydrogens (tertiary/aromatic N) is 1. The Kier molecular flexibility index (Phi) is 6.21. The van der Waals surface area contributed by atoms with E-state index in [4.69, 9.17) is 21.1 Å². The van der Waals surface area contributed by atoms with Gasteiger partial charge in [-0.05, 0) is 57.8 Å². The number of halogens is 1. The average molecular weight is 426 g/mol. The van der Waals surface area contributed by atoms with Crippen molar-refractivity contribution in [2.24, 2.45) is 0 Å². The molecular formula is C27H20ClNO2. The van der Waals surface area contributed by atoms with Crippen molar-refractivity contribution >= 4 is 34.0 Å². The number of allylic oxidation sites excluding steroid dienone is 1. The van der Waals surface area contributed by atoms with Crippen LogP contribution >= 0.6 is 11.6 Å². The van der Waals surface area contributed by atoms with Gasteiger partial charge in [-0.15, -0.1) is 0 Å². The Labute approximate surface area is 186 Å². The molecule has 0 atom stereocenters. The number of ether oxygens (including phenoxy) is 2. The van der Waals surface area contributed by atoms with Crippen molar-refractivity contribution in [3.8, 4) is 17.6 Å². The summed E-state index contributed by atoms with van der Waals surface area (Å²) in [7, 11) is 1.61. The highest BCUT2D eigenvalue weighted by atomic mass is 35.5. The molecule has 0 amide bonds. The van der Waals surface area contributed by atoms with Gasteiger partial charge in [-0.1, -0.05) is 72.3 Å². The van der Waals surface area contributed by atoms with E-state index >= 15 is 0 Å².